The molecule has 0 aliphatic carbocycles. The molecule has 5 heteroatoms. The first-order valence-electron chi connectivity index (χ1n) is 6.66. The molecule has 0 unspecified atom stereocenters. The van der Waals surface area contributed by atoms with Crippen LogP contribution in [-0.2, 0) is 4.74 Å². The van der Waals surface area contributed by atoms with Crippen molar-refractivity contribution in [1.82, 2.24) is 4.57 Å². The number of aliphatic hydroxyl groups is 2. The lowest BCUT2D eigenvalue weighted by atomic mass is 10.1. The number of pyridine rings is 1. The summed E-state index contributed by atoms with van der Waals surface area (Å²) in [6, 6.07) is 8.14. The molecule has 1 aliphatic heterocycles. The third-order valence-corrected chi connectivity index (χ3v) is 4.21. The molecule has 0 spiro atoms. The highest BCUT2D eigenvalue weighted by Crippen LogP contribution is 2.30. The highest BCUT2D eigenvalue weighted by Gasteiger charge is 2.34. The number of benzene rings is 1. The lowest BCUT2D eigenvalue weighted by molar-refractivity contribution is -0.0447. The first-order valence-corrected chi connectivity index (χ1v) is 7.07. The van der Waals surface area contributed by atoms with Crippen LogP contribution in [0.5, 0.6) is 0 Å². The number of ether oxygens (including phenoxy) is 1. The van der Waals surface area contributed by atoms with Gasteiger partial charge in [0.15, 0.2) is 0 Å². The van der Waals surface area contributed by atoms with Crippen molar-refractivity contribution in [3.8, 4) is 0 Å². The maximum atomic E-state index is 9.83. The molecular weight excluding hydrogens is 274 g/mol. The van der Waals surface area contributed by atoms with Crippen LogP contribution in [0.1, 0.15) is 18.2 Å². The zero-order chi connectivity index (χ0) is 14.3. The third-order valence-electron chi connectivity index (χ3n) is 3.78. The van der Waals surface area contributed by atoms with E-state index in [0.717, 1.165) is 10.8 Å². The van der Waals surface area contributed by atoms with Gasteiger partial charge >= 0.3 is 0 Å². The van der Waals surface area contributed by atoms with E-state index in [1.807, 2.05) is 35.9 Å². The molecule has 0 saturated carbocycles. The Morgan fingerprint density at radius 2 is 2.20 bits per heavy atom. The second-order valence-electron chi connectivity index (χ2n) is 5.23. The van der Waals surface area contributed by atoms with E-state index in [4.69, 9.17) is 22.1 Å². The van der Waals surface area contributed by atoms with Gasteiger partial charge in [0.1, 0.15) is 17.0 Å². The fourth-order valence-corrected chi connectivity index (χ4v) is 3.02. The molecule has 0 radical (unpaired) electrons. The summed E-state index contributed by atoms with van der Waals surface area (Å²) in [4.78, 5) is 0. The second-order valence-corrected chi connectivity index (χ2v) is 5.62. The summed E-state index contributed by atoms with van der Waals surface area (Å²) in [6.07, 6.45) is 0.828. The van der Waals surface area contributed by atoms with Crippen LogP contribution in [0.25, 0.3) is 10.8 Å². The topological polar surface area (TPSA) is 54.6 Å². The lowest BCUT2D eigenvalue weighted by Crippen LogP contribution is -2.24. The molecule has 0 bridgehead atoms. The zero-order valence-electron chi connectivity index (χ0n) is 11.2. The molecule has 2 heterocycles. The molecule has 1 fully saturated rings. The smallest absolute Gasteiger partial charge is 0.137 e. The van der Waals surface area contributed by atoms with Gasteiger partial charge in [-0.25, -0.2) is 0 Å². The molecule has 1 saturated heterocycles. The predicted octanol–water partition coefficient (Wildman–Crippen LogP) is 2.32. The predicted molar refractivity (Wildman–Crippen MR) is 79.1 cm³/mol. The fourth-order valence-electron chi connectivity index (χ4n) is 2.66. The van der Waals surface area contributed by atoms with E-state index in [1.165, 1.54) is 5.56 Å². The Bertz CT molecular complexity index is 697. The Kier molecular flexibility index (Phi) is 3.60. The highest BCUT2D eigenvalue weighted by molar-refractivity contribution is 7.71. The number of hydrogen-bond acceptors (Lipinski definition) is 4. The van der Waals surface area contributed by atoms with E-state index in [-0.39, 0.29) is 12.8 Å². The van der Waals surface area contributed by atoms with Gasteiger partial charge in [0.05, 0.1) is 12.7 Å². The van der Waals surface area contributed by atoms with Gasteiger partial charge in [-0.15, -0.1) is 0 Å². The lowest BCUT2D eigenvalue weighted by Gasteiger charge is -2.17. The van der Waals surface area contributed by atoms with Gasteiger partial charge in [-0.1, -0.05) is 36.0 Å². The summed E-state index contributed by atoms with van der Waals surface area (Å²) in [6.45, 7) is 1.86. The van der Waals surface area contributed by atoms with Crippen molar-refractivity contribution >= 4 is 23.0 Å². The van der Waals surface area contributed by atoms with Crippen LogP contribution in [0.15, 0.2) is 30.5 Å². The van der Waals surface area contributed by atoms with Crippen molar-refractivity contribution in [3.63, 3.8) is 0 Å². The van der Waals surface area contributed by atoms with E-state index in [1.54, 1.807) is 0 Å². The molecule has 2 N–H and O–H groups in total. The standard InChI is InChI=1S/C15H17NO3S/c1-9-2-3-11-10(6-9)4-5-16(15(11)20)14-7-12(18)13(8-17)19-14/h2-6,12-14,17-18H,7-8H2,1H3/t12-,13+,14+/m0/s1. The molecule has 0 amide bonds. The minimum absolute atomic E-state index is 0.183. The number of aryl methyl sites for hydroxylation is 1. The Balaban J connectivity index is 2.03. The van der Waals surface area contributed by atoms with Crippen LogP contribution in [-0.4, -0.2) is 33.6 Å². The van der Waals surface area contributed by atoms with Crippen molar-refractivity contribution < 1.29 is 14.9 Å². The Hall–Kier alpha value is -1.27. The molecule has 1 aromatic heterocycles. The Labute approximate surface area is 122 Å². The molecule has 4 nitrogen and oxygen atoms in total. The summed E-state index contributed by atoms with van der Waals surface area (Å²) in [7, 11) is 0. The minimum Gasteiger partial charge on any atom is -0.394 e. The SMILES string of the molecule is Cc1ccc2c(=S)n([C@H]3C[C@H](O)[C@@H](CO)O3)ccc2c1. The minimum atomic E-state index is -0.652. The number of aliphatic hydroxyl groups excluding tert-OH is 2. The first kappa shape index (κ1) is 13.7. The van der Waals surface area contributed by atoms with Gasteiger partial charge < -0.3 is 19.5 Å². The summed E-state index contributed by atoms with van der Waals surface area (Å²) in [5, 5.41) is 21.1. The van der Waals surface area contributed by atoms with Crippen LogP contribution < -0.4 is 0 Å². The summed E-state index contributed by atoms with van der Waals surface area (Å²) in [5.74, 6) is 0. The first-order chi connectivity index (χ1) is 9.60. The number of nitrogens with zero attached hydrogens (tertiary/aromatic N) is 1. The number of fused-ring (bicyclic) bond motifs is 1. The van der Waals surface area contributed by atoms with E-state index in [2.05, 4.69) is 6.07 Å². The molecule has 106 valence electrons. The van der Waals surface area contributed by atoms with Gasteiger partial charge in [0.2, 0.25) is 0 Å². The highest BCUT2D eigenvalue weighted by atomic mass is 32.1. The third kappa shape index (κ3) is 2.27. The monoisotopic (exact) mass is 291 g/mol. The maximum absolute atomic E-state index is 9.83. The number of hydrogen-bond donors (Lipinski definition) is 2. The van der Waals surface area contributed by atoms with E-state index in [9.17, 15) is 5.11 Å². The van der Waals surface area contributed by atoms with Gasteiger partial charge in [-0.05, 0) is 18.4 Å². The average Bonchev–Trinajstić information content (AvgIpc) is 2.80. The largest absolute Gasteiger partial charge is 0.394 e. The Morgan fingerprint density at radius 3 is 2.90 bits per heavy atom. The van der Waals surface area contributed by atoms with Crippen molar-refractivity contribution in [3.05, 3.63) is 40.7 Å². The summed E-state index contributed by atoms with van der Waals surface area (Å²) in [5.41, 5.74) is 1.19. The van der Waals surface area contributed by atoms with Gasteiger partial charge in [-0.3, -0.25) is 0 Å². The molecular formula is C15H17NO3S. The van der Waals surface area contributed by atoms with Crippen LogP contribution in [0.3, 0.4) is 0 Å². The average molecular weight is 291 g/mol. The zero-order valence-corrected chi connectivity index (χ0v) is 12.0. The quantitative estimate of drug-likeness (QED) is 0.834. The number of aromatic nitrogens is 1. The van der Waals surface area contributed by atoms with Crippen molar-refractivity contribution in [2.45, 2.75) is 31.8 Å². The molecule has 1 aromatic carbocycles. The van der Waals surface area contributed by atoms with E-state index >= 15 is 0 Å². The van der Waals surface area contributed by atoms with Crippen LogP contribution >= 0.6 is 12.2 Å². The molecule has 3 atom stereocenters. The van der Waals surface area contributed by atoms with Gasteiger partial charge in [0, 0.05) is 18.0 Å². The van der Waals surface area contributed by atoms with Crippen LogP contribution in [0.2, 0.25) is 0 Å². The maximum Gasteiger partial charge on any atom is 0.137 e. The van der Waals surface area contributed by atoms with Gasteiger partial charge in [-0.2, -0.15) is 0 Å². The summed E-state index contributed by atoms with van der Waals surface area (Å²) < 4.78 is 8.20. The molecule has 1 aliphatic rings. The van der Waals surface area contributed by atoms with E-state index < -0.39 is 12.2 Å². The fraction of sp³-hybridized carbons (Fsp3) is 0.400. The molecule has 20 heavy (non-hydrogen) atoms. The second kappa shape index (κ2) is 5.26. The molecule has 3 rings (SSSR count). The summed E-state index contributed by atoms with van der Waals surface area (Å²) >= 11 is 5.53. The van der Waals surface area contributed by atoms with Gasteiger partial charge in [0.25, 0.3) is 0 Å². The van der Waals surface area contributed by atoms with E-state index in [0.29, 0.717) is 11.1 Å². The van der Waals surface area contributed by atoms with Crippen molar-refractivity contribution in [1.29, 1.82) is 0 Å². The number of rotatable bonds is 2. The van der Waals surface area contributed by atoms with Crippen LogP contribution in [0.4, 0.5) is 0 Å². The Morgan fingerprint density at radius 1 is 1.40 bits per heavy atom. The molecule has 2 aromatic rings. The normalized spacial score (nSPS) is 26.2. The van der Waals surface area contributed by atoms with Crippen molar-refractivity contribution in [2.75, 3.05) is 6.61 Å². The van der Waals surface area contributed by atoms with Crippen LogP contribution in [0, 0.1) is 11.6 Å². The van der Waals surface area contributed by atoms with Crippen molar-refractivity contribution in [2.24, 2.45) is 0 Å².